The number of aryl methyl sites for hydroxylation is 1. The molecular formula is C16H17N3O2. The highest BCUT2D eigenvalue weighted by molar-refractivity contribution is 5.97. The van der Waals surface area contributed by atoms with Crippen molar-refractivity contribution in [2.24, 2.45) is 5.92 Å². The van der Waals surface area contributed by atoms with Crippen LogP contribution >= 0.6 is 0 Å². The third-order valence-electron chi connectivity index (χ3n) is 4.33. The van der Waals surface area contributed by atoms with Gasteiger partial charge in [0.05, 0.1) is 24.3 Å². The molecule has 0 saturated heterocycles. The number of H-pyrrole nitrogens is 1. The molecule has 0 fully saturated rings. The number of ether oxygens (including phenoxy) is 1. The lowest BCUT2D eigenvalue weighted by atomic mass is 9.88. The molecule has 21 heavy (non-hydrogen) atoms. The Hall–Kier alpha value is -2.30. The first-order valence-electron chi connectivity index (χ1n) is 7.37. The van der Waals surface area contributed by atoms with Gasteiger partial charge in [-0.3, -0.25) is 4.79 Å². The van der Waals surface area contributed by atoms with Gasteiger partial charge >= 0.3 is 0 Å². The third kappa shape index (κ3) is 2.09. The van der Waals surface area contributed by atoms with Crippen molar-refractivity contribution in [3.8, 4) is 5.75 Å². The molecule has 1 atom stereocenters. The molecule has 0 saturated carbocycles. The smallest absolute Gasteiger partial charge is 0.230 e. The predicted octanol–water partition coefficient (Wildman–Crippen LogP) is 1.94. The Balaban J connectivity index is 1.59. The van der Waals surface area contributed by atoms with E-state index >= 15 is 0 Å². The van der Waals surface area contributed by atoms with Gasteiger partial charge in [0.25, 0.3) is 0 Å². The van der Waals surface area contributed by atoms with Crippen LogP contribution in [0.1, 0.15) is 17.8 Å². The number of nitrogens with zero attached hydrogens (tertiary/aromatic N) is 2. The number of anilines is 1. The van der Waals surface area contributed by atoms with Crippen LogP contribution in [0.15, 0.2) is 30.6 Å². The van der Waals surface area contributed by atoms with Crippen LogP contribution in [0, 0.1) is 5.92 Å². The number of aromatic amines is 1. The van der Waals surface area contributed by atoms with Gasteiger partial charge in [0.15, 0.2) is 0 Å². The second-order valence-corrected chi connectivity index (χ2v) is 5.57. The zero-order chi connectivity index (χ0) is 14.2. The van der Waals surface area contributed by atoms with E-state index in [4.69, 9.17) is 4.74 Å². The molecule has 1 aliphatic carbocycles. The van der Waals surface area contributed by atoms with Gasteiger partial charge < -0.3 is 14.6 Å². The maximum absolute atomic E-state index is 12.9. The summed E-state index contributed by atoms with van der Waals surface area (Å²) >= 11 is 0. The molecule has 108 valence electrons. The molecule has 4 rings (SSSR count). The number of benzene rings is 1. The van der Waals surface area contributed by atoms with Gasteiger partial charge in [-0.2, -0.15) is 0 Å². The van der Waals surface area contributed by atoms with Crippen LogP contribution in [-0.2, 0) is 17.6 Å². The van der Waals surface area contributed by atoms with Crippen molar-refractivity contribution in [1.82, 2.24) is 9.97 Å². The second-order valence-electron chi connectivity index (χ2n) is 5.57. The summed E-state index contributed by atoms with van der Waals surface area (Å²) in [5, 5.41) is 0. The highest BCUT2D eigenvalue weighted by Crippen LogP contribution is 2.33. The number of carbonyl (C=O) groups excluding carboxylic acids is 1. The molecule has 0 bridgehead atoms. The van der Waals surface area contributed by atoms with Gasteiger partial charge in [-0.1, -0.05) is 12.1 Å². The zero-order valence-corrected chi connectivity index (χ0v) is 11.7. The number of carbonyl (C=O) groups is 1. The number of nitrogens with one attached hydrogen (secondary N) is 1. The normalized spacial score (nSPS) is 20.4. The Bertz CT molecular complexity index is 680. The number of hydrogen-bond donors (Lipinski definition) is 1. The highest BCUT2D eigenvalue weighted by atomic mass is 16.5. The van der Waals surface area contributed by atoms with Crippen molar-refractivity contribution in [3.63, 3.8) is 0 Å². The van der Waals surface area contributed by atoms with Crippen molar-refractivity contribution in [3.05, 3.63) is 42.0 Å². The van der Waals surface area contributed by atoms with E-state index in [-0.39, 0.29) is 11.8 Å². The fourth-order valence-corrected chi connectivity index (χ4v) is 3.23. The van der Waals surface area contributed by atoms with Gasteiger partial charge in [0, 0.05) is 18.0 Å². The Morgan fingerprint density at radius 2 is 2.29 bits per heavy atom. The second kappa shape index (κ2) is 4.91. The number of fused-ring (bicyclic) bond motifs is 2. The number of aromatic nitrogens is 2. The minimum atomic E-state index is 0.0316. The summed E-state index contributed by atoms with van der Waals surface area (Å²) in [7, 11) is 0. The minimum Gasteiger partial charge on any atom is -0.490 e. The lowest BCUT2D eigenvalue weighted by molar-refractivity contribution is -0.123. The van der Waals surface area contributed by atoms with Crippen molar-refractivity contribution in [2.45, 2.75) is 19.3 Å². The zero-order valence-electron chi connectivity index (χ0n) is 11.7. The van der Waals surface area contributed by atoms with Gasteiger partial charge in [-0.15, -0.1) is 0 Å². The molecule has 0 spiro atoms. The average Bonchev–Trinajstić information content (AvgIpc) is 3.01. The molecule has 2 aliphatic rings. The van der Waals surface area contributed by atoms with E-state index in [0.717, 1.165) is 42.1 Å². The van der Waals surface area contributed by atoms with E-state index in [1.807, 2.05) is 29.2 Å². The number of imidazole rings is 1. The minimum absolute atomic E-state index is 0.0316. The first kappa shape index (κ1) is 12.4. The van der Waals surface area contributed by atoms with Crippen LogP contribution in [-0.4, -0.2) is 29.0 Å². The molecule has 0 unspecified atom stereocenters. The van der Waals surface area contributed by atoms with E-state index in [1.54, 1.807) is 6.33 Å². The summed E-state index contributed by atoms with van der Waals surface area (Å²) in [6, 6.07) is 7.76. The van der Waals surface area contributed by atoms with Crippen molar-refractivity contribution in [2.75, 3.05) is 18.1 Å². The van der Waals surface area contributed by atoms with Crippen molar-refractivity contribution in [1.29, 1.82) is 0 Å². The summed E-state index contributed by atoms with van der Waals surface area (Å²) in [6.07, 6.45) is 4.23. The molecule has 2 heterocycles. The monoisotopic (exact) mass is 283 g/mol. The van der Waals surface area contributed by atoms with E-state index in [0.29, 0.717) is 13.2 Å². The van der Waals surface area contributed by atoms with Gasteiger partial charge in [0.1, 0.15) is 12.4 Å². The van der Waals surface area contributed by atoms with Crippen molar-refractivity contribution < 1.29 is 9.53 Å². The van der Waals surface area contributed by atoms with Crippen LogP contribution in [0.2, 0.25) is 0 Å². The molecule has 1 amide bonds. The average molecular weight is 283 g/mol. The van der Waals surface area contributed by atoms with E-state index in [9.17, 15) is 4.79 Å². The van der Waals surface area contributed by atoms with Crippen LogP contribution in [0.25, 0.3) is 0 Å². The SMILES string of the molecule is O=C([C@@H]1CCc2nc[nH]c2C1)N1CCOc2ccccc21. The first-order valence-corrected chi connectivity index (χ1v) is 7.37. The number of para-hydroxylation sites is 2. The van der Waals surface area contributed by atoms with E-state index in [2.05, 4.69) is 9.97 Å². The Morgan fingerprint density at radius 3 is 3.24 bits per heavy atom. The van der Waals surface area contributed by atoms with Crippen LogP contribution in [0.5, 0.6) is 5.75 Å². The molecule has 1 N–H and O–H groups in total. The molecule has 0 radical (unpaired) electrons. The van der Waals surface area contributed by atoms with E-state index < -0.39 is 0 Å². The first-order chi connectivity index (χ1) is 10.3. The molecular weight excluding hydrogens is 266 g/mol. The molecule has 1 aromatic heterocycles. The van der Waals surface area contributed by atoms with E-state index in [1.165, 1.54) is 0 Å². The van der Waals surface area contributed by atoms with Gasteiger partial charge in [0.2, 0.25) is 5.91 Å². The topological polar surface area (TPSA) is 58.2 Å². The summed E-state index contributed by atoms with van der Waals surface area (Å²) in [6.45, 7) is 1.19. The largest absolute Gasteiger partial charge is 0.490 e. The molecule has 1 aliphatic heterocycles. The standard InChI is InChI=1S/C16H17N3O2/c20-16(11-5-6-12-13(9-11)18-10-17-12)19-7-8-21-15-4-2-1-3-14(15)19/h1-4,10-11H,5-9H2,(H,17,18)/t11-/m1/s1. The fourth-order valence-electron chi connectivity index (χ4n) is 3.23. The number of hydrogen-bond acceptors (Lipinski definition) is 3. The quantitative estimate of drug-likeness (QED) is 0.870. The third-order valence-corrected chi connectivity index (χ3v) is 4.33. The summed E-state index contributed by atoms with van der Waals surface area (Å²) in [5.41, 5.74) is 3.12. The molecule has 1 aromatic carbocycles. The Labute approximate surface area is 122 Å². The number of rotatable bonds is 1. The summed E-state index contributed by atoms with van der Waals surface area (Å²) < 4.78 is 5.62. The highest BCUT2D eigenvalue weighted by Gasteiger charge is 2.32. The molecule has 2 aromatic rings. The fraction of sp³-hybridized carbons (Fsp3) is 0.375. The van der Waals surface area contributed by atoms with Gasteiger partial charge in [-0.25, -0.2) is 4.98 Å². The van der Waals surface area contributed by atoms with Crippen molar-refractivity contribution >= 4 is 11.6 Å². The maximum Gasteiger partial charge on any atom is 0.230 e. The lowest BCUT2D eigenvalue weighted by Gasteiger charge is -2.33. The maximum atomic E-state index is 12.9. The Kier molecular flexibility index (Phi) is 2.91. The summed E-state index contributed by atoms with van der Waals surface area (Å²) in [4.78, 5) is 22.2. The van der Waals surface area contributed by atoms with Crippen LogP contribution in [0.4, 0.5) is 5.69 Å². The Morgan fingerprint density at radius 1 is 1.38 bits per heavy atom. The molecule has 5 nitrogen and oxygen atoms in total. The molecule has 5 heteroatoms. The summed E-state index contributed by atoms with van der Waals surface area (Å²) in [5.74, 6) is 1.03. The number of amides is 1. The van der Waals surface area contributed by atoms with Crippen LogP contribution < -0.4 is 9.64 Å². The van der Waals surface area contributed by atoms with Crippen LogP contribution in [0.3, 0.4) is 0 Å². The van der Waals surface area contributed by atoms with Gasteiger partial charge in [-0.05, 0) is 25.0 Å². The predicted molar refractivity (Wildman–Crippen MR) is 78.4 cm³/mol. The lowest BCUT2D eigenvalue weighted by Crippen LogP contribution is -2.43.